The first-order valence-electron chi connectivity index (χ1n) is 6.88. The molecule has 0 aromatic heterocycles. The van der Waals surface area contributed by atoms with E-state index in [1.807, 2.05) is 30.0 Å². The molecule has 1 saturated heterocycles. The van der Waals surface area contributed by atoms with Crippen LogP contribution in [-0.2, 0) is 10.2 Å². The number of likely N-dealkylation sites (tertiary alicyclic amines) is 1. The molecule has 1 atom stereocenters. The second kappa shape index (κ2) is 6.37. The molecule has 1 fully saturated rings. The number of nitrogens with zero attached hydrogens (tertiary/aromatic N) is 1. The molecule has 0 radical (unpaired) electrons. The van der Waals surface area contributed by atoms with Gasteiger partial charge in [0.25, 0.3) is 0 Å². The van der Waals surface area contributed by atoms with Gasteiger partial charge >= 0.3 is 0 Å². The summed E-state index contributed by atoms with van der Waals surface area (Å²) in [6.45, 7) is 3.08. The van der Waals surface area contributed by atoms with E-state index in [2.05, 4.69) is 22.5 Å². The highest BCUT2D eigenvalue weighted by atomic mass is 35.5. The zero-order valence-electron chi connectivity index (χ0n) is 11.7. The first-order chi connectivity index (χ1) is 9.26. The number of thioether (sulfide) groups is 1. The molecule has 110 valence electrons. The Balaban J connectivity index is 0.00000147. The van der Waals surface area contributed by atoms with Gasteiger partial charge in [-0.2, -0.15) is 11.8 Å². The second-order valence-electron chi connectivity index (χ2n) is 5.45. The van der Waals surface area contributed by atoms with Crippen LogP contribution in [0.1, 0.15) is 18.4 Å². The molecule has 1 N–H and O–H groups in total. The van der Waals surface area contributed by atoms with Gasteiger partial charge in [0.1, 0.15) is 0 Å². The smallest absolute Gasteiger partial charge is 0.236 e. The Morgan fingerprint density at radius 3 is 3.00 bits per heavy atom. The fourth-order valence-corrected chi connectivity index (χ4v) is 3.78. The Bertz CT molecular complexity index is 497. The third kappa shape index (κ3) is 2.57. The van der Waals surface area contributed by atoms with Crippen LogP contribution >= 0.6 is 24.2 Å². The van der Waals surface area contributed by atoms with Crippen molar-refractivity contribution in [2.45, 2.75) is 18.3 Å². The summed E-state index contributed by atoms with van der Waals surface area (Å²) in [7, 11) is 0. The Hall–Kier alpha value is -0.710. The number of rotatable bonds is 3. The van der Waals surface area contributed by atoms with Gasteiger partial charge in [0.05, 0.1) is 5.41 Å². The van der Waals surface area contributed by atoms with Gasteiger partial charge < -0.3 is 10.2 Å². The third-order valence-electron chi connectivity index (χ3n) is 4.31. The van der Waals surface area contributed by atoms with E-state index in [1.165, 1.54) is 5.56 Å². The zero-order valence-corrected chi connectivity index (χ0v) is 13.4. The summed E-state index contributed by atoms with van der Waals surface area (Å²) in [6.07, 6.45) is 4.22. The van der Waals surface area contributed by atoms with Crippen molar-refractivity contribution in [2.75, 3.05) is 37.0 Å². The molecule has 20 heavy (non-hydrogen) atoms. The monoisotopic (exact) mass is 312 g/mol. The molecule has 5 heteroatoms. The predicted molar refractivity (Wildman–Crippen MR) is 88.1 cm³/mol. The van der Waals surface area contributed by atoms with E-state index in [-0.39, 0.29) is 23.7 Å². The van der Waals surface area contributed by atoms with Crippen molar-refractivity contribution in [3.63, 3.8) is 0 Å². The minimum atomic E-state index is -0.298. The quantitative estimate of drug-likeness (QED) is 0.931. The fraction of sp³-hybridized carbons (Fsp3) is 0.533. The number of piperidine rings is 1. The maximum atomic E-state index is 12.5. The highest BCUT2D eigenvalue weighted by Crippen LogP contribution is 2.43. The molecular formula is C15H21ClN2OS. The minimum absolute atomic E-state index is 0. The molecule has 1 aromatic carbocycles. The number of fused-ring (bicyclic) bond motifs is 2. The number of para-hydroxylation sites is 1. The molecular weight excluding hydrogens is 292 g/mol. The number of anilines is 1. The maximum absolute atomic E-state index is 12.5. The Kier molecular flexibility index (Phi) is 4.99. The lowest BCUT2D eigenvalue weighted by molar-refractivity contribution is -0.122. The highest BCUT2D eigenvalue weighted by Gasteiger charge is 2.48. The molecule has 2 heterocycles. The standard InChI is InChI=1S/C15H20N2OS.ClH/c1-19-10-9-17-8-4-7-15(11-17)12-5-2-3-6-13(12)16-14(15)18;/h2-3,5-6H,4,7-11H2,1H3,(H,16,18);1H. The molecule has 1 unspecified atom stereocenters. The summed E-state index contributed by atoms with van der Waals surface area (Å²) in [5.41, 5.74) is 1.92. The maximum Gasteiger partial charge on any atom is 0.236 e. The van der Waals surface area contributed by atoms with E-state index in [4.69, 9.17) is 0 Å². The predicted octanol–water partition coefficient (Wildman–Crippen LogP) is 2.76. The zero-order chi connectivity index (χ0) is 13.3. The Morgan fingerprint density at radius 2 is 2.20 bits per heavy atom. The first-order valence-corrected chi connectivity index (χ1v) is 8.28. The summed E-state index contributed by atoms with van der Waals surface area (Å²) in [4.78, 5) is 14.9. The number of benzene rings is 1. The lowest BCUT2D eigenvalue weighted by Crippen LogP contribution is -2.50. The summed E-state index contributed by atoms with van der Waals surface area (Å²) >= 11 is 1.87. The lowest BCUT2D eigenvalue weighted by Gasteiger charge is -2.39. The number of halogens is 1. The fourth-order valence-electron chi connectivity index (χ4n) is 3.33. The molecule has 1 spiro atoms. The Labute approximate surface area is 130 Å². The highest BCUT2D eigenvalue weighted by molar-refractivity contribution is 7.98. The van der Waals surface area contributed by atoms with E-state index in [1.54, 1.807) is 0 Å². The van der Waals surface area contributed by atoms with E-state index in [0.29, 0.717) is 0 Å². The lowest BCUT2D eigenvalue weighted by atomic mass is 9.75. The molecule has 3 nitrogen and oxygen atoms in total. The summed E-state index contributed by atoms with van der Waals surface area (Å²) in [6, 6.07) is 8.17. The number of carbonyl (C=O) groups is 1. The van der Waals surface area contributed by atoms with Crippen LogP contribution in [0.4, 0.5) is 5.69 Å². The van der Waals surface area contributed by atoms with Gasteiger partial charge in [-0.05, 0) is 37.3 Å². The van der Waals surface area contributed by atoms with Crippen LogP contribution in [0.25, 0.3) is 0 Å². The molecule has 2 aliphatic rings. The Morgan fingerprint density at radius 1 is 1.40 bits per heavy atom. The van der Waals surface area contributed by atoms with Crippen molar-refractivity contribution >= 4 is 35.8 Å². The van der Waals surface area contributed by atoms with Crippen LogP contribution in [0.15, 0.2) is 24.3 Å². The number of hydrogen-bond donors (Lipinski definition) is 1. The summed E-state index contributed by atoms with van der Waals surface area (Å²) < 4.78 is 0. The van der Waals surface area contributed by atoms with Gasteiger partial charge in [0.15, 0.2) is 0 Å². The number of nitrogens with one attached hydrogen (secondary N) is 1. The summed E-state index contributed by atoms with van der Waals surface area (Å²) in [5, 5.41) is 3.06. The van der Waals surface area contributed by atoms with Crippen molar-refractivity contribution in [1.29, 1.82) is 0 Å². The average Bonchev–Trinajstić information content (AvgIpc) is 2.70. The van der Waals surface area contributed by atoms with E-state index in [0.717, 1.165) is 43.9 Å². The van der Waals surface area contributed by atoms with Gasteiger partial charge in [-0.15, -0.1) is 12.4 Å². The van der Waals surface area contributed by atoms with Crippen molar-refractivity contribution in [3.05, 3.63) is 29.8 Å². The van der Waals surface area contributed by atoms with Crippen LogP contribution in [-0.4, -0.2) is 42.4 Å². The second-order valence-corrected chi connectivity index (χ2v) is 6.44. The topological polar surface area (TPSA) is 32.3 Å². The van der Waals surface area contributed by atoms with Crippen LogP contribution < -0.4 is 5.32 Å². The van der Waals surface area contributed by atoms with Crippen molar-refractivity contribution < 1.29 is 4.79 Å². The molecule has 1 amide bonds. The molecule has 0 aliphatic carbocycles. The van der Waals surface area contributed by atoms with Gasteiger partial charge in [-0.3, -0.25) is 4.79 Å². The normalized spacial score (nSPS) is 25.1. The van der Waals surface area contributed by atoms with Crippen molar-refractivity contribution in [2.24, 2.45) is 0 Å². The first kappa shape index (κ1) is 15.7. The number of carbonyl (C=O) groups excluding carboxylic acids is 1. The molecule has 0 saturated carbocycles. The van der Waals surface area contributed by atoms with Gasteiger partial charge in [-0.25, -0.2) is 0 Å². The largest absolute Gasteiger partial charge is 0.325 e. The van der Waals surface area contributed by atoms with Crippen molar-refractivity contribution in [3.8, 4) is 0 Å². The van der Waals surface area contributed by atoms with Crippen LogP contribution in [0.3, 0.4) is 0 Å². The summed E-state index contributed by atoms with van der Waals surface area (Å²) in [5.74, 6) is 1.34. The van der Waals surface area contributed by atoms with Crippen LogP contribution in [0, 0.1) is 0 Å². The SMILES string of the molecule is CSCCN1CCCC2(C1)C(=O)Nc1ccccc12.Cl. The number of amides is 1. The average molecular weight is 313 g/mol. The van der Waals surface area contributed by atoms with E-state index >= 15 is 0 Å². The molecule has 0 bridgehead atoms. The molecule has 3 rings (SSSR count). The molecule has 2 aliphatic heterocycles. The van der Waals surface area contributed by atoms with Crippen LogP contribution in [0.2, 0.25) is 0 Å². The van der Waals surface area contributed by atoms with Gasteiger partial charge in [-0.1, -0.05) is 18.2 Å². The van der Waals surface area contributed by atoms with E-state index < -0.39 is 0 Å². The van der Waals surface area contributed by atoms with Crippen molar-refractivity contribution in [1.82, 2.24) is 4.90 Å². The third-order valence-corrected chi connectivity index (χ3v) is 4.90. The number of hydrogen-bond acceptors (Lipinski definition) is 3. The molecule has 1 aromatic rings. The van der Waals surface area contributed by atoms with Gasteiger partial charge in [0.2, 0.25) is 5.91 Å². The van der Waals surface area contributed by atoms with E-state index in [9.17, 15) is 4.79 Å². The van der Waals surface area contributed by atoms with Crippen LogP contribution in [0.5, 0.6) is 0 Å². The van der Waals surface area contributed by atoms with Gasteiger partial charge in [0, 0.05) is 24.5 Å². The minimum Gasteiger partial charge on any atom is -0.325 e.